The Kier molecular flexibility index (Phi) is 5.16. The summed E-state index contributed by atoms with van der Waals surface area (Å²) in [5.74, 6) is 1.39. The van der Waals surface area contributed by atoms with Gasteiger partial charge in [-0.3, -0.25) is 0 Å². The van der Waals surface area contributed by atoms with E-state index in [-0.39, 0.29) is 0 Å². The number of halogens is 1. The summed E-state index contributed by atoms with van der Waals surface area (Å²) in [6.07, 6.45) is 3.77. The van der Waals surface area contributed by atoms with Gasteiger partial charge in [0.15, 0.2) is 0 Å². The van der Waals surface area contributed by atoms with Crippen LogP contribution in [0.15, 0.2) is 12.1 Å². The van der Waals surface area contributed by atoms with E-state index in [0.717, 1.165) is 24.5 Å². The highest BCUT2D eigenvalue weighted by molar-refractivity contribution is 6.32. The Morgan fingerprint density at radius 2 is 2.05 bits per heavy atom. The second-order valence-corrected chi connectivity index (χ2v) is 5.12. The predicted octanol–water partition coefficient (Wildman–Crippen LogP) is 2.91. The third kappa shape index (κ3) is 3.67. The first kappa shape index (κ1) is 14.3. The molecule has 0 amide bonds. The van der Waals surface area contributed by atoms with Crippen molar-refractivity contribution in [1.82, 2.24) is 5.32 Å². The lowest BCUT2D eigenvalue weighted by Crippen LogP contribution is -2.39. The lowest BCUT2D eigenvalue weighted by atomic mass is 10.1. The lowest BCUT2D eigenvalue weighted by molar-refractivity contribution is 0.401. The molecule has 4 nitrogen and oxygen atoms in total. The third-order valence-corrected chi connectivity index (χ3v) is 3.72. The van der Waals surface area contributed by atoms with Gasteiger partial charge in [-0.1, -0.05) is 18.0 Å². The van der Waals surface area contributed by atoms with Gasteiger partial charge in [-0.2, -0.15) is 0 Å². The molecule has 2 rings (SSSR count). The molecule has 1 atom stereocenters. The molecule has 0 bridgehead atoms. The molecular weight excluding hydrogens is 264 g/mol. The fourth-order valence-corrected chi connectivity index (χ4v) is 2.56. The van der Waals surface area contributed by atoms with Gasteiger partial charge in [-0.05, 0) is 19.4 Å². The van der Waals surface area contributed by atoms with Gasteiger partial charge in [-0.15, -0.1) is 0 Å². The van der Waals surface area contributed by atoms with Gasteiger partial charge in [0.25, 0.3) is 0 Å². The van der Waals surface area contributed by atoms with Crippen LogP contribution in [-0.4, -0.2) is 33.4 Å². The van der Waals surface area contributed by atoms with E-state index in [1.807, 2.05) is 6.07 Å². The minimum absolute atomic E-state index is 0.514. The van der Waals surface area contributed by atoms with Gasteiger partial charge < -0.3 is 20.1 Å². The quantitative estimate of drug-likeness (QED) is 0.872. The Balaban J connectivity index is 2.05. The highest BCUT2D eigenvalue weighted by atomic mass is 35.5. The van der Waals surface area contributed by atoms with E-state index in [4.69, 9.17) is 21.1 Å². The SMILES string of the molecule is COc1cc(NCC2CCCCN2)c(OC)cc1Cl. The third-order valence-electron chi connectivity index (χ3n) is 3.43. The summed E-state index contributed by atoms with van der Waals surface area (Å²) in [6, 6.07) is 4.17. The fraction of sp³-hybridized carbons (Fsp3) is 0.571. The number of rotatable bonds is 5. The van der Waals surface area contributed by atoms with E-state index < -0.39 is 0 Å². The summed E-state index contributed by atoms with van der Waals surface area (Å²) in [4.78, 5) is 0. The molecule has 1 fully saturated rings. The molecule has 0 radical (unpaired) electrons. The van der Waals surface area contributed by atoms with Gasteiger partial charge >= 0.3 is 0 Å². The van der Waals surface area contributed by atoms with Crippen molar-refractivity contribution in [2.75, 3.05) is 32.6 Å². The number of nitrogens with one attached hydrogen (secondary N) is 2. The molecule has 106 valence electrons. The Morgan fingerprint density at radius 3 is 2.68 bits per heavy atom. The number of anilines is 1. The molecule has 1 aromatic rings. The maximum absolute atomic E-state index is 6.08. The van der Waals surface area contributed by atoms with Crippen molar-refractivity contribution in [3.05, 3.63) is 17.2 Å². The normalized spacial score (nSPS) is 19.0. The maximum Gasteiger partial charge on any atom is 0.143 e. The van der Waals surface area contributed by atoms with E-state index in [2.05, 4.69) is 10.6 Å². The first-order valence-electron chi connectivity index (χ1n) is 6.63. The fourth-order valence-electron chi connectivity index (χ4n) is 2.33. The molecule has 0 aliphatic carbocycles. The second kappa shape index (κ2) is 6.87. The molecule has 2 N–H and O–H groups in total. The van der Waals surface area contributed by atoms with Crippen LogP contribution in [0.25, 0.3) is 0 Å². The first-order chi connectivity index (χ1) is 9.24. The summed E-state index contributed by atoms with van der Waals surface area (Å²) in [6.45, 7) is 1.98. The van der Waals surface area contributed by atoms with E-state index in [9.17, 15) is 0 Å². The van der Waals surface area contributed by atoms with Crippen LogP contribution in [0.4, 0.5) is 5.69 Å². The zero-order valence-electron chi connectivity index (χ0n) is 11.5. The average molecular weight is 285 g/mol. The van der Waals surface area contributed by atoms with Crippen LogP contribution >= 0.6 is 11.6 Å². The van der Waals surface area contributed by atoms with Gasteiger partial charge in [0.2, 0.25) is 0 Å². The molecule has 1 saturated heterocycles. The number of hydrogen-bond donors (Lipinski definition) is 2. The van der Waals surface area contributed by atoms with Gasteiger partial charge in [-0.25, -0.2) is 0 Å². The molecule has 0 saturated carbocycles. The van der Waals surface area contributed by atoms with Gasteiger partial charge in [0.1, 0.15) is 11.5 Å². The molecular formula is C14H21ClN2O2. The Bertz CT molecular complexity index is 420. The van der Waals surface area contributed by atoms with Crippen molar-refractivity contribution in [2.45, 2.75) is 25.3 Å². The number of methoxy groups -OCH3 is 2. The molecule has 0 spiro atoms. The Labute approximate surface area is 119 Å². The number of hydrogen-bond acceptors (Lipinski definition) is 4. The minimum Gasteiger partial charge on any atom is -0.495 e. The summed E-state index contributed by atoms with van der Waals surface area (Å²) in [5.41, 5.74) is 0.913. The maximum atomic E-state index is 6.08. The van der Waals surface area contributed by atoms with Crippen molar-refractivity contribution in [3.63, 3.8) is 0 Å². The minimum atomic E-state index is 0.514. The van der Waals surface area contributed by atoms with Crippen molar-refractivity contribution in [1.29, 1.82) is 0 Å². The summed E-state index contributed by atoms with van der Waals surface area (Å²) >= 11 is 6.08. The summed E-state index contributed by atoms with van der Waals surface area (Å²) in [5, 5.41) is 7.47. The Hall–Kier alpha value is -1.13. The van der Waals surface area contributed by atoms with Crippen molar-refractivity contribution < 1.29 is 9.47 Å². The molecule has 19 heavy (non-hydrogen) atoms. The average Bonchev–Trinajstić information content (AvgIpc) is 2.46. The smallest absolute Gasteiger partial charge is 0.143 e. The molecule has 0 aromatic heterocycles. The van der Waals surface area contributed by atoms with E-state index in [0.29, 0.717) is 16.8 Å². The number of ether oxygens (including phenoxy) is 2. The van der Waals surface area contributed by atoms with Crippen LogP contribution in [0.3, 0.4) is 0 Å². The second-order valence-electron chi connectivity index (χ2n) is 4.71. The van der Waals surface area contributed by atoms with Crippen molar-refractivity contribution >= 4 is 17.3 Å². The highest BCUT2D eigenvalue weighted by Gasteiger charge is 2.14. The van der Waals surface area contributed by atoms with Crippen molar-refractivity contribution in [2.24, 2.45) is 0 Å². The van der Waals surface area contributed by atoms with Crippen LogP contribution in [0, 0.1) is 0 Å². The predicted molar refractivity (Wildman–Crippen MR) is 78.7 cm³/mol. The van der Waals surface area contributed by atoms with Crippen LogP contribution in [0.2, 0.25) is 5.02 Å². The summed E-state index contributed by atoms with van der Waals surface area (Å²) < 4.78 is 10.6. The Morgan fingerprint density at radius 1 is 1.26 bits per heavy atom. The molecule has 1 aliphatic rings. The molecule has 5 heteroatoms. The largest absolute Gasteiger partial charge is 0.495 e. The van der Waals surface area contributed by atoms with Gasteiger partial charge in [0, 0.05) is 24.7 Å². The molecule has 1 aliphatic heterocycles. The zero-order valence-corrected chi connectivity index (χ0v) is 12.2. The first-order valence-corrected chi connectivity index (χ1v) is 7.01. The van der Waals surface area contributed by atoms with E-state index >= 15 is 0 Å². The summed E-state index contributed by atoms with van der Waals surface area (Å²) in [7, 11) is 3.25. The molecule has 1 aromatic carbocycles. The van der Waals surface area contributed by atoms with Gasteiger partial charge in [0.05, 0.1) is 24.9 Å². The van der Waals surface area contributed by atoms with E-state index in [1.165, 1.54) is 19.3 Å². The van der Waals surface area contributed by atoms with Crippen LogP contribution < -0.4 is 20.1 Å². The topological polar surface area (TPSA) is 42.5 Å². The zero-order chi connectivity index (χ0) is 13.7. The molecule has 1 heterocycles. The van der Waals surface area contributed by atoms with E-state index in [1.54, 1.807) is 20.3 Å². The molecule has 1 unspecified atom stereocenters. The number of piperidine rings is 1. The lowest BCUT2D eigenvalue weighted by Gasteiger charge is -2.24. The van der Waals surface area contributed by atoms with Crippen LogP contribution in [0.1, 0.15) is 19.3 Å². The van der Waals surface area contributed by atoms with Crippen molar-refractivity contribution in [3.8, 4) is 11.5 Å². The standard InChI is InChI=1S/C14H21ClN2O2/c1-18-13-8-12(14(19-2)7-11(13)15)17-9-10-5-3-4-6-16-10/h7-8,10,16-17H,3-6,9H2,1-2H3. The highest BCUT2D eigenvalue weighted by Crippen LogP contribution is 2.35. The van der Waals surface area contributed by atoms with Crippen LogP contribution in [0.5, 0.6) is 11.5 Å². The monoisotopic (exact) mass is 284 g/mol. The number of benzene rings is 1. The van der Waals surface area contributed by atoms with Crippen LogP contribution in [-0.2, 0) is 0 Å².